The van der Waals surface area contributed by atoms with Crippen LogP contribution in [0.15, 0.2) is 152 Å². The maximum absolute atomic E-state index is 2.55. The van der Waals surface area contributed by atoms with E-state index in [1.165, 1.54) is 114 Å². The van der Waals surface area contributed by atoms with Gasteiger partial charge in [-0.05, 0) is 59.3 Å². The summed E-state index contributed by atoms with van der Waals surface area (Å²) in [4.78, 5) is 0. The lowest BCUT2D eigenvalue weighted by atomic mass is 9.99. The molecule has 224 valence electrons. The highest BCUT2D eigenvalue weighted by atomic mass is 15.0. The molecule has 5 heterocycles. The Morgan fingerprint density at radius 2 is 0.939 bits per heavy atom. The number of hydrogen-bond acceptors (Lipinski definition) is 0. The van der Waals surface area contributed by atoms with Crippen molar-refractivity contribution in [3.63, 3.8) is 0 Å². The van der Waals surface area contributed by atoms with E-state index in [-0.39, 0.29) is 0 Å². The highest BCUT2D eigenvalue weighted by Crippen LogP contribution is 2.48. The van der Waals surface area contributed by atoms with Crippen LogP contribution in [0.2, 0.25) is 0 Å². The van der Waals surface area contributed by atoms with Gasteiger partial charge in [0.2, 0.25) is 0 Å². The monoisotopic (exact) mass is 619 g/mol. The molecule has 0 radical (unpaired) electrons. The van der Waals surface area contributed by atoms with Crippen LogP contribution in [-0.2, 0) is 0 Å². The van der Waals surface area contributed by atoms with Crippen LogP contribution in [0.25, 0.3) is 114 Å². The third-order valence-corrected chi connectivity index (χ3v) is 11.4. The molecule has 0 saturated heterocycles. The molecule has 0 atom stereocenters. The number of aromatic nitrogens is 3. The van der Waals surface area contributed by atoms with Crippen LogP contribution in [0, 0.1) is 0 Å². The largest absolute Gasteiger partial charge is 0.309 e. The predicted octanol–water partition coefficient (Wildman–Crippen LogP) is 12.2. The maximum Gasteiger partial charge on any atom is 0.0641 e. The fraction of sp³-hybridized carbons (Fsp3) is 0. The molecular formula is C46H25N3. The lowest BCUT2D eigenvalue weighted by Gasteiger charge is -2.09. The summed E-state index contributed by atoms with van der Waals surface area (Å²) < 4.78 is 7.55. The number of benzene rings is 8. The molecule has 0 aliphatic heterocycles. The molecule has 3 nitrogen and oxygen atoms in total. The van der Waals surface area contributed by atoms with E-state index in [9.17, 15) is 0 Å². The number of hydrogen-bond donors (Lipinski definition) is 0. The van der Waals surface area contributed by atoms with E-state index in [1.807, 2.05) is 0 Å². The van der Waals surface area contributed by atoms with Crippen molar-refractivity contribution in [3.8, 4) is 5.69 Å². The van der Waals surface area contributed by atoms with Crippen molar-refractivity contribution in [2.45, 2.75) is 0 Å². The standard InChI is InChI=1S/C46H25N3/c1-2-12-27(13-3-1)47-37-19-8-6-15-29(37)32-21-22-39-43(45(32)47)33-18-10-17-31-34-24-36-41(25-40(34)49(39)44(31)33)48-38-20-9-7-16-30(38)35-23-26-11-4-5-14-28(26)42(36)46(35)48/h1-25H. The molecule has 0 saturated carbocycles. The van der Waals surface area contributed by atoms with Gasteiger partial charge in [0, 0.05) is 59.5 Å². The third-order valence-electron chi connectivity index (χ3n) is 11.4. The Hall–Kier alpha value is -6.58. The highest BCUT2D eigenvalue weighted by Gasteiger charge is 2.25. The molecule has 0 aliphatic carbocycles. The van der Waals surface area contributed by atoms with Crippen molar-refractivity contribution in [1.82, 2.24) is 13.4 Å². The minimum absolute atomic E-state index is 1.18. The van der Waals surface area contributed by atoms with Gasteiger partial charge in [-0.25, -0.2) is 0 Å². The van der Waals surface area contributed by atoms with Crippen molar-refractivity contribution in [1.29, 1.82) is 0 Å². The molecule has 0 aliphatic rings. The van der Waals surface area contributed by atoms with E-state index in [0.717, 1.165) is 0 Å². The van der Waals surface area contributed by atoms with E-state index >= 15 is 0 Å². The van der Waals surface area contributed by atoms with Gasteiger partial charge in [0.25, 0.3) is 0 Å². The zero-order valence-corrected chi connectivity index (χ0v) is 26.3. The second-order valence-electron chi connectivity index (χ2n) is 13.7. The van der Waals surface area contributed by atoms with Crippen LogP contribution in [0.3, 0.4) is 0 Å². The average molecular weight is 620 g/mol. The zero-order chi connectivity index (χ0) is 31.5. The molecule has 0 amide bonds. The first-order valence-electron chi connectivity index (χ1n) is 17.0. The molecule has 0 spiro atoms. The Bertz CT molecular complexity index is 3540. The number of nitrogens with zero attached hydrogens (tertiary/aromatic N) is 3. The van der Waals surface area contributed by atoms with Crippen LogP contribution in [-0.4, -0.2) is 13.4 Å². The summed E-state index contributed by atoms with van der Waals surface area (Å²) in [6.45, 7) is 0. The molecule has 8 aromatic carbocycles. The van der Waals surface area contributed by atoms with Gasteiger partial charge in [-0.3, -0.25) is 0 Å². The van der Waals surface area contributed by atoms with Crippen LogP contribution in [0.4, 0.5) is 0 Å². The summed E-state index contributed by atoms with van der Waals surface area (Å²) in [7, 11) is 0. The molecular weight excluding hydrogens is 595 g/mol. The summed E-state index contributed by atoms with van der Waals surface area (Å²) in [5.41, 5.74) is 11.3. The Balaban J connectivity index is 1.28. The van der Waals surface area contributed by atoms with Gasteiger partial charge >= 0.3 is 0 Å². The van der Waals surface area contributed by atoms with Gasteiger partial charge in [-0.1, -0.05) is 103 Å². The topological polar surface area (TPSA) is 13.8 Å². The Morgan fingerprint density at radius 3 is 1.82 bits per heavy atom. The van der Waals surface area contributed by atoms with Crippen molar-refractivity contribution >= 4 is 109 Å². The van der Waals surface area contributed by atoms with Crippen molar-refractivity contribution in [3.05, 3.63) is 152 Å². The van der Waals surface area contributed by atoms with Crippen molar-refractivity contribution in [2.75, 3.05) is 0 Å². The van der Waals surface area contributed by atoms with Gasteiger partial charge in [-0.15, -0.1) is 0 Å². The molecule has 0 N–H and O–H groups in total. The van der Waals surface area contributed by atoms with Gasteiger partial charge in [-0.2, -0.15) is 0 Å². The molecule has 3 heteroatoms. The van der Waals surface area contributed by atoms with E-state index in [0.29, 0.717) is 0 Å². The Kier molecular flexibility index (Phi) is 4.15. The summed E-state index contributed by atoms with van der Waals surface area (Å²) in [6, 6.07) is 56.4. The average Bonchev–Trinajstić information content (AvgIpc) is 3.94. The first-order valence-corrected chi connectivity index (χ1v) is 17.0. The van der Waals surface area contributed by atoms with Gasteiger partial charge in [0.1, 0.15) is 0 Å². The summed E-state index contributed by atoms with van der Waals surface area (Å²) in [5.74, 6) is 0. The molecule has 0 bridgehead atoms. The molecule has 13 rings (SSSR count). The molecule has 0 fully saturated rings. The molecule has 5 aromatic heterocycles. The van der Waals surface area contributed by atoms with E-state index in [4.69, 9.17) is 0 Å². The SMILES string of the molecule is c1ccc(-n2c3ccccc3c3ccc4c(c5cccc6c7cc8c9c%10ccccc%10cc%10c%11ccccc%11n(c8cc7n4c65)c%109)c32)cc1. The first kappa shape index (κ1) is 24.6. The van der Waals surface area contributed by atoms with Crippen LogP contribution in [0.1, 0.15) is 0 Å². The van der Waals surface area contributed by atoms with Gasteiger partial charge in [0.15, 0.2) is 0 Å². The molecule has 0 unspecified atom stereocenters. The second-order valence-corrected chi connectivity index (χ2v) is 13.7. The van der Waals surface area contributed by atoms with Crippen molar-refractivity contribution < 1.29 is 0 Å². The quantitative estimate of drug-likeness (QED) is 0.174. The van der Waals surface area contributed by atoms with E-state index < -0.39 is 0 Å². The fourth-order valence-electron chi connectivity index (χ4n) is 9.60. The number of para-hydroxylation sites is 4. The third kappa shape index (κ3) is 2.73. The van der Waals surface area contributed by atoms with Crippen LogP contribution < -0.4 is 0 Å². The normalized spacial score (nSPS) is 12.9. The smallest absolute Gasteiger partial charge is 0.0641 e. The molecule has 13 aromatic rings. The lowest BCUT2D eigenvalue weighted by molar-refractivity contribution is 1.19. The van der Waals surface area contributed by atoms with E-state index in [2.05, 4.69) is 165 Å². The Morgan fingerprint density at radius 1 is 0.286 bits per heavy atom. The van der Waals surface area contributed by atoms with Gasteiger partial charge in [0.05, 0.1) is 44.1 Å². The lowest BCUT2D eigenvalue weighted by Crippen LogP contribution is -1.93. The Labute approximate surface area is 278 Å². The minimum atomic E-state index is 1.18. The van der Waals surface area contributed by atoms with Crippen LogP contribution >= 0.6 is 0 Å². The molecule has 49 heavy (non-hydrogen) atoms. The van der Waals surface area contributed by atoms with Crippen molar-refractivity contribution in [2.24, 2.45) is 0 Å². The maximum atomic E-state index is 2.55. The fourth-order valence-corrected chi connectivity index (χ4v) is 9.60. The van der Waals surface area contributed by atoms with Crippen LogP contribution in [0.5, 0.6) is 0 Å². The number of rotatable bonds is 1. The summed E-state index contributed by atoms with van der Waals surface area (Å²) in [6.07, 6.45) is 0. The zero-order valence-electron chi connectivity index (χ0n) is 26.3. The minimum Gasteiger partial charge on any atom is -0.309 e. The first-order chi connectivity index (χ1) is 24.3. The van der Waals surface area contributed by atoms with E-state index in [1.54, 1.807) is 0 Å². The summed E-state index contributed by atoms with van der Waals surface area (Å²) >= 11 is 0. The highest BCUT2D eigenvalue weighted by molar-refractivity contribution is 6.35. The summed E-state index contributed by atoms with van der Waals surface area (Å²) in [5, 5.41) is 15.7. The van der Waals surface area contributed by atoms with Gasteiger partial charge < -0.3 is 13.4 Å². The number of fused-ring (bicyclic) bond motifs is 18. The predicted molar refractivity (Wildman–Crippen MR) is 208 cm³/mol. The second kappa shape index (κ2) is 8.28.